The molecule has 22 heavy (non-hydrogen) atoms. The van der Waals surface area contributed by atoms with Crippen LogP contribution in [0.25, 0.3) is 0 Å². The number of hydrogen-bond donors (Lipinski definition) is 2. The predicted molar refractivity (Wildman–Crippen MR) is 81.4 cm³/mol. The van der Waals surface area contributed by atoms with Crippen molar-refractivity contribution in [2.45, 2.75) is 22.5 Å². The van der Waals surface area contributed by atoms with Gasteiger partial charge in [0, 0.05) is 19.6 Å². The van der Waals surface area contributed by atoms with Crippen LogP contribution in [0.15, 0.2) is 21.7 Å². The van der Waals surface area contributed by atoms with Gasteiger partial charge in [0.15, 0.2) is 0 Å². The Morgan fingerprint density at radius 3 is 2.86 bits per heavy atom. The third-order valence-corrected chi connectivity index (χ3v) is 6.78. The fourth-order valence-electron chi connectivity index (χ4n) is 2.66. The summed E-state index contributed by atoms with van der Waals surface area (Å²) < 4.78 is 38.1. The normalized spacial score (nSPS) is 30.7. The number of nitrogens with one attached hydrogen (secondary N) is 1. The number of sulfonamides is 1. The molecular formula is C13H20N2O5S2. The molecule has 1 aromatic heterocycles. The zero-order valence-corrected chi connectivity index (χ0v) is 13.7. The molecule has 3 atom stereocenters. The smallest absolute Gasteiger partial charge is 0.250 e. The zero-order valence-electron chi connectivity index (χ0n) is 12.1. The fourth-order valence-corrected chi connectivity index (χ4v) is 4.91. The van der Waals surface area contributed by atoms with E-state index in [0.29, 0.717) is 19.8 Å². The summed E-state index contributed by atoms with van der Waals surface area (Å²) in [5.74, 6) is 0. The van der Waals surface area contributed by atoms with Crippen LogP contribution >= 0.6 is 11.3 Å². The van der Waals surface area contributed by atoms with Crippen molar-refractivity contribution in [1.29, 1.82) is 0 Å². The number of aliphatic hydroxyl groups excluding tert-OH is 1. The van der Waals surface area contributed by atoms with Crippen LogP contribution in [0.5, 0.6) is 0 Å². The molecule has 0 aromatic carbocycles. The van der Waals surface area contributed by atoms with Gasteiger partial charge in [-0.15, -0.1) is 11.3 Å². The van der Waals surface area contributed by atoms with Crippen LogP contribution in [0, 0.1) is 0 Å². The Kier molecular flexibility index (Phi) is 5.13. The number of nitrogens with zero attached hydrogens (tertiary/aromatic N) is 1. The van der Waals surface area contributed by atoms with Gasteiger partial charge in [-0.05, 0) is 11.4 Å². The second-order valence-electron chi connectivity index (χ2n) is 5.44. The van der Waals surface area contributed by atoms with E-state index in [4.69, 9.17) is 9.47 Å². The molecule has 0 amide bonds. The van der Waals surface area contributed by atoms with Crippen LogP contribution in [0.1, 0.15) is 0 Å². The molecule has 1 aromatic rings. The van der Waals surface area contributed by atoms with E-state index in [0.717, 1.165) is 24.4 Å². The Balaban J connectivity index is 1.58. The fraction of sp³-hybridized carbons (Fsp3) is 0.692. The minimum atomic E-state index is -3.59. The van der Waals surface area contributed by atoms with Crippen molar-refractivity contribution in [3.63, 3.8) is 0 Å². The van der Waals surface area contributed by atoms with Crippen molar-refractivity contribution in [2.24, 2.45) is 0 Å². The highest BCUT2D eigenvalue weighted by molar-refractivity contribution is 7.91. The van der Waals surface area contributed by atoms with E-state index >= 15 is 0 Å². The first-order valence-electron chi connectivity index (χ1n) is 7.22. The first-order chi connectivity index (χ1) is 10.6. The summed E-state index contributed by atoms with van der Waals surface area (Å²) in [5, 5.41) is 12.0. The van der Waals surface area contributed by atoms with Gasteiger partial charge in [-0.25, -0.2) is 13.1 Å². The summed E-state index contributed by atoms with van der Waals surface area (Å²) in [6.07, 6.45) is -1.23. The molecule has 2 aliphatic heterocycles. The molecule has 2 saturated heterocycles. The summed E-state index contributed by atoms with van der Waals surface area (Å²) >= 11 is 1.15. The van der Waals surface area contributed by atoms with Crippen LogP contribution in [0.3, 0.4) is 0 Å². The monoisotopic (exact) mass is 348 g/mol. The van der Waals surface area contributed by atoms with Crippen LogP contribution in [-0.4, -0.2) is 76.1 Å². The topological polar surface area (TPSA) is 88.1 Å². The lowest BCUT2D eigenvalue weighted by atomic mass is 10.1. The van der Waals surface area contributed by atoms with E-state index in [1.165, 1.54) is 0 Å². The van der Waals surface area contributed by atoms with Gasteiger partial charge in [-0.3, -0.25) is 4.90 Å². The molecule has 2 aliphatic rings. The highest BCUT2D eigenvalue weighted by Crippen LogP contribution is 2.21. The Labute approximate surface area is 133 Å². The average Bonchev–Trinajstić information content (AvgIpc) is 3.14. The van der Waals surface area contributed by atoms with E-state index in [9.17, 15) is 13.5 Å². The van der Waals surface area contributed by atoms with Gasteiger partial charge in [-0.1, -0.05) is 6.07 Å². The van der Waals surface area contributed by atoms with Crippen LogP contribution in [-0.2, 0) is 19.5 Å². The van der Waals surface area contributed by atoms with Crippen molar-refractivity contribution in [3.05, 3.63) is 17.5 Å². The van der Waals surface area contributed by atoms with Gasteiger partial charge >= 0.3 is 0 Å². The Morgan fingerprint density at radius 1 is 1.41 bits per heavy atom. The van der Waals surface area contributed by atoms with Gasteiger partial charge in [0.05, 0.1) is 38.1 Å². The van der Waals surface area contributed by atoms with E-state index < -0.39 is 22.2 Å². The second kappa shape index (κ2) is 6.91. The summed E-state index contributed by atoms with van der Waals surface area (Å²) in [6.45, 7) is 3.73. The molecule has 3 rings (SSSR count). The lowest BCUT2D eigenvalue weighted by Crippen LogP contribution is -2.48. The van der Waals surface area contributed by atoms with Gasteiger partial charge in [0.1, 0.15) is 4.21 Å². The first kappa shape index (κ1) is 16.3. The lowest BCUT2D eigenvalue weighted by molar-refractivity contribution is -0.0179. The van der Waals surface area contributed by atoms with Crippen molar-refractivity contribution in [3.8, 4) is 0 Å². The Morgan fingerprint density at radius 2 is 2.18 bits per heavy atom. The molecule has 7 nitrogen and oxygen atoms in total. The van der Waals surface area contributed by atoms with Crippen LogP contribution in [0.4, 0.5) is 0 Å². The number of morpholine rings is 1. The van der Waals surface area contributed by atoms with Gasteiger partial charge in [-0.2, -0.15) is 0 Å². The molecule has 124 valence electrons. The van der Waals surface area contributed by atoms with Crippen molar-refractivity contribution in [1.82, 2.24) is 9.62 Å². The molecule has 0 bridgehead atoms. The molecule has 0 radical (unpaired) electrons. The maximum absolute atomic E-state index is 12.2. The standard InChI is InChI=1S/C13H20N2O5S2/c16-13-10(14-22(17,18)12-2-1-7-21-12)9-20-11(13)8-15-3-5-19-6-4-15/h1-2,7,10-11,13-14,16H,3-6,8-9H2. The maximum Gasteiger partial charge on any atom is 0.250 e. The van der Waals surface area contributed by atoms with Gasteiger partial charge in [0.25, 0.3) is 0 Å². The molecular weight excluding hydrogens is 328 g/mol. The van der Waals surface area contributed by atoms with E-state index in [-0.39, 0.29) is 16.9 Å². The molecule has 0 saturated carbocycles. The van der Waals surface area contributed by atoms with Crippen molar-refractivity contribution >= 4 is 21.4 Å². The summed E-state index contributed by atoms with van der Waals surface area (Å²) in [5.41, 5.74) is 0. The van der Waals surface area contributed by atoms with E-state index in [2.05, 4.69) is 9.62 Å². The Hall–Kier alpha value is -0.550. The number of aliphatic hydroxyl groups is 1. The molecule has 9 heteroatoms. The minimum Gasteiger partial charge on any atom is -0.389 e. The highest BCUT2D eigenvalue weighted by atomic mass is 32.2. The third-order valence-electron chi connectivity index (χ3n) is 3.89. The number of rotatable bonds is 5. The zero-order chi connectivity index (χ0) is 15.6. The second-order valence-corrected chi connectivity index (χ2v) is 8.32. The minimum absolute atomic E-state index is 0.181. The van der Waals surface area contributed by atoms with Gasteiger partial charge < -0.3 is 14.6 Å². The maximum atomic E-state index is 12.2. The van der Waals surface area contributed by atoms with E-state index in [1.807, 2.05) is 0 Å². The SMILES string of the molecule is O=S(=O)(NC1COC(CN2CCOCC2)C1O)c1cccs1. The molecule has 2 N–H and O–H groups in total. The number of thiophene rings is 1. The first-order valence-corrected chi connectivity index (χ1v) is 9.58. The van der Waals surface area contributed by atoms with E-state index in [1.54, 1.807) is 17.5 Å². The molecule has 3 unspecified atom stereocenters. The predicted octanol–water partition coefficient (Wildman–Crippen LogP) is -0.513. The van der Waals surface area contributed by atoms with Crippen LogP contribution in [0.2, 0.25) is 0 Å². The average molecular weight is 348 g/mol. The number of ether oxygens (including phenoxy) is 2. The molecule has 3 heterocycles. The lowest BCUT2D eigenvalue weighted by Gasteiger charge is -2.29. The summed E-state index contributed by atoms with van der Waals surface area (Å²) in [7, 11) is -3.59. The Bertz CT molecular complexity index is 571. The third kappa shape index (κ3) is 3.67. The summed E-state index contributed by atoms with van der Waals surface area (Å²) in [6, 6.07) is 2.61. The quantitative estimate of drug-likeness (QED) is 0.745. The highest BCUT2D eigenvalue weighted by Gasteiger charge is 2.39. The largest absolute Gasteiger partial charge is 0.389 e. The molecule has 0 spiro atoms. The van der Waals surface area contributed by atoms with Crippen molar-refractivity contribution in [2.75, 3.05) is 39.5 Å². The molecule has 0 aliphatic carbocycles. The van der Waals surface area contributed by atoms with Crippen molar-refractivity contribution < 1.29 is 23.0 Å². The van der Waals surface area contributed by atoms with Crippen LogP contribution < -0.4 is 4.72 Å². The summed E-state index contributed by atoms with van der Waals surface area (Å²) in [4.78, 5) is 2.16. The number of hydrogen-bond acceptors (Lipinski definition) is 7. The molecule has 2 fully saturated rings. The van der Waals surface area contributed by atoms with Gasteiger partial charge in [0.2, 0.25) is 10.0 Å².